The molecule has 1 saturated heterocycles. The van der Waals surface area contributed by atoms with Gasteiger partial charge in [-0.2, -0.15) is 5.10 Å². The number of ether oxygens (including phenoxy) is 2. The molecule has 10 nitrogen and oxygen atoms in total. The number of carbonyl (C=O) groups is 2. The number of carbonyl (C=O) groups excluding carboxylic acids is 2. The lowest BCUT2D eigenvalue weighted by Crippen LogP contribution is -2.42. The first-order valence-electron chi connectivity index (χ1n) is 11.6. The van der Waals surface area contributed by atoms with Gasteiger partial charge in [-0.05, 0) is 45.4 Å². The number of anilines is 1. The van der Waals surface area contributed by atoms with E-state index in [-0.39, 0.29) is 40.8 Å². The Kier molecular flexibility index (Phi) is 7.76. The SMILES string of the molecule is CC(CO)Oc1cc(Oc2ncc(C(=O)N3CCC3)cc2Cl)cc(C(=O)Nc2ccn(C(C)C)n2)c1. The average Bonchev–Trinajstić information content (AvgIpc) is 3.28. The van der Waals surface area contributed by atoms with Crippen LogP contribution in [0.2, 0.25) is 5.02 Å². The number of nitrogens with one attached hydrogen (secondary N) is 1. The maximum absolute atomic E-state index is 13.0. The van der Waals surface area contributed by atoms with Crippen molar-refractivity contribution >= 4 is 29.2 Å². The number of rotatable bonds is 9. The monoisotopic (exact) mass is 513 g/mol. The van der Waals surface area contributed by atoms with Crippen LogP contribution in [0.5, 0.6) is 17.4 Å². The second kappa shape index (κ2) is 11.0. The lowest BCUT2D eigenvalue weighted by atomic mass is 10.1. The lowest BCUT2D eigenvalue weighted by molar-refractivity contribution is 0.0651. The first-order valence-corrected chi connectivity index (χ1v) is 12.0. The van der Waals surface area contributed by atoms with Crippen LogP contribution in [0, 0.1) is 0 Å². The highest BCUT2D eigenvalue weighted by Crippen LogP contribution is 2.32. The van der Waals surface area contributed by atoms with E-state index in [1.165, 1.54) is 24.4 Å². The number of aliphatic hydroxyl groups is 1. The Morgan fingerprint density at radius 1 is 1.14 bits per heavy atom. The molecule has 3 heterocycles. The molecule has 1 aliphatic heterocycles. The highest BCUT2D eigenvalue weighted by atomic mass is 35.5. The first-order chi connectivity index (χ1) is 17.2. The van der Waals surface area contributed by atoms with Crippen LogP contribution < -0.4 is 14.8 Å². The van der Waals surface area contributed by atoms with E-state index in [9.17, 15) is 14.7 Å². The largest absolute Gasteiger partial charge is 0.488 e. The van der Waals surface area contributed by atoms with Gasteiger partial charge in [-0.1, -0.05) is 11.6 Å². The van der Waals surface area contributed by atoms with Crippen LogP contribution in [0.1, 0.15) is 53.9 Å². The summed E-state index contributed by atoms with van der Waals surface area (Å²) in [5.74, 6) is 0.476. The number of halogens is 1. The third kappa shape index (κ3) is 5.95. The maximum atomic E-state index is 13.0. The minimum absolute atomic E-state index is 0.0752. The molecule has 0 spiro atoms. The number of aromatic nitrogens is 3. The van der Waals surface area contributed by atoms with Crippen molar-refractivity contribution in [3.05, 3.63) is 58.9 Å². The van der Waals surface area contributed by atoms with Crippen molar-refractivity contribution in [2.45, 2.75) is 39.3 Å². The van der Waals surface area contributed by atoms with Crippen LogP contribution in [-0.4, -0.2) is 62.4 Å². The molecule has 1 aliphatic rings. The lowest BCUT2D eigenvalue weighted by Gasteiger charge is -2.30. The van der Waals surface area contributed by atoms with Gasteiger partial charge in [0, 0.05) is 49.2 Å². The highest BCUT2D eigenvalue weighted by Gasteiger charge is 2.23. The van der Waals surface area contributed by atoms with Crippen molar-refractivity contribution in [3.63, 3.8) is 0 Å². The Labute approximate surface area is 213 Å². The number of amides is 2. The molecule has 3 aromatic rings. The van der Waals surface area contributed by atoms with Crippen LogP contribution in [0.25, 0.3) is 0 Å². The van der Waals surface area contributed by atoms with Crippen LogP contribution >= 0.6 is 11.6 Å². The van der Waals surface area contributed by atoms with Crippen molar-refractivity contribution in [3.8, 4) is 17.4 Å². The van der Waals surface area contributed by atoms with E-state index in [0.717, 1.165) is 19.5 Å². The van der Waals surface area contributed by atoms with Crippen LogP contribution in [0.4, 0.5) is 5.82 Å². The van der Waals surface area contributed by atoms with E-state index in [2.05, 4.69) is 15.4 Å². The smallest absolute Gasteiger partial charge is 0.257 e. The second-order valence-corrected chi connectivity index (χ2v) is 9.20. The summed E-state index contributed by atoms with van der Waals surface area (Å²) in [7, 11) is 0. The van der Waals surface area contributed by atoms with Gasteiger partial charge < -0.3 is 24.8 Å². The van der Waals surface area contributed by atoms with E-state index in [1.807, 2.05) is 13.8 Å². The molecule has 0 aliphatic carbocycles. The van der Waals surface area contributed by atoms with Crippen LogP contribution in [0.15, 0.2) is 42.7 Å². The van der Waals surface area contributed by atoms with E-state index >= 15 is 0 Å². The molecule has 1 atom stereocenters. The third-order valence-corrected chi connectivity index (χ3v) is 5.80. The molecule has 0 bridgehead atoms. The number of aliphatic hydroxyl groups excluding tert-OH is 1. The van der Waals surface area contributed by atoms with E-state index in [4.69, 9.17) is 21.1 Å². The summed E-state index contributed by atoms with van der Waals surface area (Å²) in [4.78, 5) is 31.3. The van der Waals surface area contributed by atoms with Gasteiger partial charge >= 0.3 is 0 Å². The van der Waals surface area contributed by atoms with E-state index in [0.29, 0.717) is 17.1 Å². The summed E-state index contributed by atoms with van der Waals surface area (Å²) < 4.78 is 13.3. The summed E-state index contributed by atoms with van der Waals surface area (Å²) in [5, 5.41) is 16.6. The number of likely N-dealkylation sites (tertiary alicyclic amines) is 1. The molecule has 2 amide bonds. The van der Waals surface area contributed by atoms with E-state index < -0.39 is 12.0 Å². The first kappa shape index (κ1) is 25.5. The Morgan fingerprint density at radius 3 is 2.50 bits per heavy atom. The standard InChI is InChI=1S/C25H28ClN5O5/c1-15(2)31-8-5-22(29-31)28-23(33)17-9-19(35-16(3)14-32)12-20(10-17)36-24-21(26)11-18(13-27-24)25(34)30-6-4-7-30/h5,8-13,15-16,32H,4,6-7,14H2,1-3H3,(H,28,29,33). The van der Waals surface area contributed by atoms with Gasteiger partial charge in [0.1, 0.15) is 22.6 Å². The van der Waals surface area contributed by atoms with Gasteiger partial charge in [0.2, 0.25) is 5.88 Å². The fraction of sp³-hybridized carbons (Fsp3) is 0.360. The zero-order valence-electron chi connectivity index (χ0n) is 20.3. The number of pyridine rings is 1. The molecule has 1 aromatic carbocycles. The Morgan fingerprint density at radius 2 is 1.89 bits per heavy atom. The van der Waals surface area contributed by atoms with E-state index in [1.54, 1.807) is 34.8 Å². The summed E-state index contributed by atoms with van der Waals surface area (Å²) in [6.07, 6.45) is 3.67. The van der Waals surface area contributed by atoms with Crippen molar-refractivity contribution < 1.29 is 24.2 Å². The van der Waals surface area contributed by atoms with Crippen molar-refractivity contribution in [2.75, 3.05) is 25.0 Å². The number of benzene rings is 1. The third-order valence-electron chi connectivity index (χ3n) is 5.53. The zero-order valence-corrected chi connectivity index (χ0v) is 21.0. The highest BCUT2D eigenvalue weighted by molar-refractivity contribution is 6.32. The molecular formula is C25H28ClN5O5. The molecule has 1 fully saturated rings. The topological polar surface area (TPSA) is 119 Å². The van der Waals surface area contributed by atoms with Gasteiger partial charge in [-0.3, -0.25) is 14.3 Å². The second-order valence-electron chi connectivity index (χ2n) is 8.79. The molecule has 4 rings (SSSR count). The van der Waals surface area contributed by atoms with Gasteiger partial charge in [-0.25, -0.2) is 4.98 Å². The van der Waals surface area contributed by atoms with Gasteiger partial charge in [-0.15, -0.1) is 0 Å². The van der Waals surface area contributed by atoms with Gasteiger partial charge in [0.15, 0.2) is 5.82 Å². The molecule has 2 aromatic heterocycles. The Bertz CT molecular complexity index is 1260. The minimum atomic E-state index is -0.508. The average molecular weight is 514 g/mol. The number of hydrogen-bond donors (Lipinski definition) is 2. The number of nitrogens with zero attached hydrogens (tertiary/aromatic N) is 4. The predicted molar refractivity (Wildman–Crippen MR) is 134 cm³/mol. The fourth-order valence-electron chi connectivity index (χ4n) is 3.41. The predicted octanol–water partition coefficient (Wildman–Crippen LogP) is 4.16. The van der Waals surface area contributed by atoms with Crippen molar-refractivity contribution in [1.82, 2.24) is 19.7 Å². The molecule has 0 radical (unpaired) electrons. The summed E-state index contributed by atoms with van der Waals surface area (Å²) in [5.41, 5.74) is 0.620. The zero-order chi connectivity index (χ0) is 25.8. The molecule has 0 saturated carbocycles. The normalized spacial score (nSPS) is 13.8. The minimum Gasteiger partial charge on any atom is -0.488 e. The van der Waals surface area contributed by atoms with Crippen LogP contribution in [-0.2, 0) is 0 Å². The molecule has 2 N–H and O–H groups in total. The molecule has 190 valence electrons. The van der Waals surface area contributed by atoms with Crippen molar-refractivity contribution in [2.24, 2.45) is 0 Å². The molecular weight excluding hydrogens is 486 g/mol. The summed E-state index contributed by atoms with van der Waals surface area (Å²) in [6, 6.07) is 7.98. The van der Waals surface area contributed by atoms with Gasteiger partial charge in [0.05, 0.1) is 12.2 Å². The summed E-state index contributed by atoms with van der Waals surface area (Å²) in [6.45, 7) is 6.89. The molecule has 11 heteroatoms. The molecule has 36 heavy (non-hydrogen) atoms. The fourth-order valence-corrected chi connectivity index (χ4v) is 3.62. The van der Waals surface area contributed by atoms with Crippen LogP contribution in [0.3, 0.4) is 0 Å². The quantitative estimate of drug-likeness (QED) is 0.441. The van der Waals surface area contributed by atoms with Crippen molar-refractivity contribution in [1.29, 1.82) is 0 Å². The molecule has 1 unspecified atom stereocenters. The Balaban J connectivity index is 1.57. The maximum Gasteiger partial charge on any atom is 0.257 e. The summed E-state index contributed by atoms with van der Waals surface area (Å²) >= 11 is 6.36. The Hall–Kier alpha value is -3.63. The van der Waals surface area contributed by atoms with Gasteiger partial charge in [0.25, 0.3) is 11.8 Å². The number of hydrogen-bond acceptors (Lipinski definition) is 7.